The van der Waals surface area contributed by atoms with Crippen LogP contribution in [0.3, 0.4) is 0 Å². The molecule has 0 aliphatic carbocycles. The SMILES string of the molecule is BrP1(c2ccccc2)(N2CCCCC2)CCCC1. The average Bonchev–Trinajstić information content (AvgIpc) is 2.87. The van der Waals surface area contributed by atoms with Crippen LogP contribution in [0.25, 0.3) is 0 Å². The Morgan fingerprint density at radius 3 is 2.06 bits per heavy atom. The average molecular weight is 328 g/mol. The molecule has 3 heteroatoms. The molecule has 0 atom stereocenters. The molecule has 0 unspecified atom stereocenters. The third-order valence-corrected chi connectivity index (χ3v) is 15.1. The van der Waals surface area contributed by atoms with E-state index in [1.165, 1.54) is 57.5 Å². The maximum absolute atomic E-state index is 4.38. The predicted octanol–water partition coefficient (Wildman–Crippen LogP) is 4.37. The summed E-state index contributed by atoms with van der Waals surface area (Å²) in [4.78, 5) is 0. The summed E-state index contributed by atoms with van der Waals surface area (Å²) in [5, 5.41) is 1.60. The van der Waals surface area contributed by atoms with Gasteiger partial charge >= 0.3 is 119 Å². The third kappa shape index (κ3) is 1.97. The molecule has 1 aromatic rings. The van der Waals surface area contributed by atoms with Gasteiger partial charge in [-0.05, 0) is 0 Å². The number of piperidine rings is 1. The van der Waals surface area contributed by atoms with Crippen molar-refractivity contribution in [1.82, 2.24) is 4.67 Å². The molecule has 2 aliphatic rings. The van der Waals surface area contributed by atoms with Crippen LogP contribution in [0.15, 0.2) is 30.3 Å². The fourth-order valence-corrected chi connectivity index (χ4v) is 12.3. The molecule has 0 bridgehead atoms. The monoisotopic (exact) mass is 327 g/mol. The van der Waals surface area contributed by atoms with Crippen molar-refractivity contribution in [3.05, 3.63) is 30.3 Å². The Morgan fingerprint density at radius 1 is 0.833 bits per heavy atom. The zero-order valence-electron chi connectivity index (χ0n) is 11.0. The van der Waals surface area contributed by atoms with Crippen molar-refractivity contribution in [2.24, 2.45) is 0 Å². The van der Waals surface area contributed by atoms with E-state index in [1.54, 1.807) is 5.30 Å². The van der Waals surface area contributed by atoms with Gasteiger partial charge in [-0.15, -0.1) is 0 Å². The minimum absolute atomic E-state index is 1.30. The van der Waals surface area contributed by atoms with Gasteiger partial charge in [-0.25, -0.2) is 0 Å². The van der Waals surface area contributed by atoms with Crippen molar-refractivity contribution < 1.29 is 0 Å². The van der Waals surface area contributed by atoms with Crippen LogP contribution in [0.4, 0.5) is 0 Å². The van der Waals surface area contributed by atoms with Gasteiger partial charge in [0.25, 0.3) is 0 Å². The predicted molar refractivity (Wildman–Crippen MR) is 86.3 cm³/mol. The van der Waals surface area contributed by atoms with Gasteiger partial charge in [-0.1, -0.05) is 0 Å². The molecule has 0 saturated carbocycles. The number of benzene rings is 1. The standard InChI is InChI=1S/C15H23BrNP/c16-18(13-7-8-14-18,15-9-3-1-4-10-15)17-11-5-2-6-12-17/h1,3-4,9-10H,2,5-8,11-14H2. The third-order valence-electron chi connectivity index (χ3n) is 4.79. The van der Waals surface area contributed by atoms with Crippen LogP contribution in [0, 0.1) is 0 Å². The molecule has 0 aromatic heterocycles. The summed E-state index contributed by atoms with van der Waals surface area (Å²) in [5.74, 6) is 0. The number of nitrogens with zero attached hydrogens (tertiary/aromatic N) is 1. The van der Waals surface area contributed by atoms with E-state index in [-0.39, 0.29) is 0 Å². The second-order valence-corrected chi connectivity index (χ2v) is 15.5. The van der Waals surface area contributed by atoms with Crippen LogP contribution < -0.4 is 5.30 Å². The van der Waals surface area contributed by atoms with Crippen LogP contribution in [0.2, 0.25) is 0 Å². The van der Waals surface area contributed by atoms with Crippen LogP contribution in [-0.4, -0.2) is 30.1 Å². The molecule has 1 aromatic carbocycles. The molecule has 2 saturated heterocycles. The van der Waals surface area contributed by atoms with E-state index in [1.807, 2.05) is 0 Å². The quantitative estimate of drug-likeness (QED) is 0.729. The molecule has 0 amide bonds. The van der Waals surface area contributed by atoms with Gasteiger partial charge in [0.2, 0.25) is 0 Å². The molecule has 0 spiro atoms. The molecular formula is C15H23BrNP. The van der Waals surface area contributed by atoms with E-state index in [9.17, 15) is 0 Å². The molecule has 2 fully saturated rings. The molecule has 3 rings (SSSR count). The van der Waals surface area contributed by atoms with Gasteiger partial charge in [0.1, 0.15) is 0 Å². The maximum atomic E-state index is 4.38. The molecule has 2 aliphatic heterocycles. The van der Waals surface area contributed by atoms with Crippen molar-refractivity contribution in [1.29, 1.82) is 0 Å². The molecular weight excluding hydrogens is 305 g/mol. The van der Waals surface area contributed by atoms with Gasteiger partial charge in [-0.2, -0.15) is 0 Å². The number of hydrogen-bond acceptors (Lipinski definition) is 1. The number of halogens is 1. The zero-order valence-corrected chi connectivity index (χ0v) is 13.5. The Morgan fingerprint density at radius 2 is 1.44 bits per heavy atom. The van der Waals surface area contributed by atoms with E-state index < -0.39 is 5.46 Å². The van der Waals surface area contributed by atoms with Crippen LogP contribution in [0.1, 0.15) is 32.1 Å². The van der Waals surface area contributed by atoms with Crippen molar-refractivity contribution in [3.8, 4) is 0 Å². The number of hydrogen-bond donors (Lipinski definition) is 0. The molecule has 1 nitrogen and oxygen atoms in total. The van der Waals surface area contributed by atoms with Gasteiger partial charge in [0, 0.05) is 0 Å². The van der Waals surface area contributed by atoms with Crippen LogP contribution in [0.5, 0.6) is 0 Å². The number of rotatable bonds is 2. The van der Waals surface area contributed by atoms with E-state index in [4.69, 9.17) is 0 Å². The summed E-state index contributed by atoms with van der Waals surface area (Å²) >= 11 is 4.38. The summed E-state index contributed by atoms with van der Waals surface area (Å²) in [6.45, 7) is 2.61. The Kier molecular flexibility index (Phi) is 3.55. The Bertz CT molecular complexity index is 408. The first-order valence-electron chi connectivity index (χ1n) is 7.27. The van der Waals surface area contributed by atoms with E-state index in [2.05, 4.69) is 50.5 Å². The van der Waals surface area contributed by atoms with Gasteiger partial charge in [-0.3, -0.25) is 0 Å². The summed E-state index contributed by atoms with van der Waals surface area (Å²) in [6.07, 6.45) is 9.76. The molecule has 100 valence electrons. The van der Waals surface area contributed by atoms with Crippen molar-refractivity contribution in [2.75, 3.05) is 25.4 Å². The summed E-state index contributed by atoms with van der Waals surface area (Å²) in [5.41, 5.74) is -1.95. The molecule has 18 heavy (non-hydrogen) atoms. The first-order valence-corrected chi connectivity index (χ1v) is 11.8. The Hall–Kier alpha value is 0.0900. The second-order valence-electron chi connectivity index (χ2n) is 5.83. The van der Waals surface area contributed by atoms with Crippen molar-refractivity contribution >= 4 is 26.3 Å². The van der Waals surface area contributed by atoms with Gasteiger partial charge in [0.05, 0.1) is 0 Å². The molecule has 0 radical (unpaired) electrons. The fraction of sp³-hybridized carbons (Fsp3) is 0.600. The summed E-state index contributed by atoms with van der Waals surface area (Å²) < 4.78 is 2.86. The zero-order chi connectivity index (χ0) is 12.5. The van der Waals surface area contributed by atoms with Gasteiger partial charge < -0.3 is 0 Å². The van der Waals surface area contributed by atoms with Gasteiger partial charge in [0.15, 0.2) is 0 Å². The Labute approximate surface area is 119 Å². The summed E-state index contributed by atoms with van der Waals surface area (Å²) in [7, 11) is 0. The van der Waals surface area contributed by atoms with Crippen molar-refractivity contribution in [2.45, 2.75) is 32.1 Å². The van der Waals surface area contributed by atoms with E-state index >= 15 is 0 Å². The topological polar surface area (TPSA) is 3.24 Å². The second kappa shape index (κ2) is 4.89. The minimum atomic E-state index is -1.95. The van der Waals surface area contributed by atoms with Crippen molar-refractivity contribution in [3.63, 3.8) is 0 Å². The van der Waals surface area contributed by atoms with E-state index in [0.717, 1.165) is 0 Å². The first kappa shape index (κ1) is 13.1. The normalized spacial score (nSPS) is 29.5. The molecule has 0 N–H and O–H groups in total. The summed E-state index contributed by atoms with van der Waals surface area (Å²) in [6, 6.07) is 11.3. The first-order chi connectivity index (χ1) is 8.73. The fourth-order valence-electron chi connectivity index (χ4n) is 3.78. The van der Waals surface area contributed by atoms with Crippen LogP contribution >= 0.6 is 20.9 Å². The van der Waals surface area contributed by atoms with Crippen LogP contribution in [-0.2, 0) is 0 Å². The van der Waals surface area contributed by atoms with E-state index in [0.29, 0.717) is 0 Å². The molecule has 2 heterocycles. The Balaban J connectivity index is 2.04.